The van der Waals surface area contributed by atoms with Crippen LogP contribution in [0.25, 0.3) is 0 Å². The third-order valence-electron chi connectivity index (χ3n) is 3.16. The molecule has 0 saturated carbocycles. The molecule has 6 heteroatoms. The van der Waals surface area contributed by atoms with Crippen LogP contribution in [-0.2, 0) is 0 Å². The molecule has 1 saturated heterocycles. The van der Waals surface area contributed by atoms with Crippen LogP contribution in [0.1, 0.15) is 27.2 Å². The lowest BCUT2D eigenvalue weighted by atomic mass is 10.1. The topological polar surface area (TPSA) is 27.3 Å². The zero-order valence-electron chi connectivity index (χ0n) is 12.1. The fourth-order valence-corrected chi connectivity index (χ4v) is 2.31. The Balaban J connectivity index is 2.06. The zero-order chi connectivity index (χ0) is 14.5. The summed E-state index contributed by atoms with van der Waals surface area (Å²) < 4.78 is 36.7. The summed E-state index contributed by atoms with van der Waals surface area (Å²) in [5.74, 6) is 0.344. The molecule has 0 aliphatic carbocycles. The first-order valence-electron chi connectivity index (χ1n) is 6.90. The summed E-state index contributed by atoms with van der Waals surface area (Å²) >= 11 is 0. The molecular formula is C13H26F3N3. The minimum atomic E-state index is -4.07. The highest BCUT2D eigenvalue weighted by Gasteiger charge is 2.34. The van der Waals surface area contributed by atoms with Crippen LogP contribution in [0.15, 0.2) is 0 Å². The average Bonchev–Trinajstić information content (AvgIpc) is 2.60. The van der Waals surface area contributed by atoms with E-state index < -0.39 is 12.7 Å². The number of rotatable bonds is 6. The maximum absolute atomic E-state index is 12.2. The Morgan fingerprint density at radius 1 is 1.16 bits per heavy atom. The molecule has 0 spiro atoms. The maximum atomic E-state index is 12.2. The molecule has 1 unspecified atom stereocenters. The van der Waals surface area contributed by atoms with Crippen LogP contribution in [0, 0.1) is 5.92 Å². The lowest BCUT2D eigenvalue weighted by Gasteiger charge is -2.21. The van der Waals surface area contributed by atoms with E-state index in [1.54, 1.807) is 0 Å². The van der Waals surface area contributed by atoms with Crippen LogP contribution in [-0.4, -0.2) is 55.9 Å². The van der Waals surface area contributed by atoms with Gasteiger partial charge >= 0.3 is 6.18 Å². The van der Waals surface area contributed by atoms with Gasteiger partial charge in [-0.25, -0.2) is 0 Å². The zero-order valence-corrected chi connectivity index (χ0v) is 12.1. The Morgan fingerprint density at radius 2 is 1.84 bits per heavy atom. The van der Waals surface area contributed by atoms with Crippen LogP contribution in [0.3, 0.4) is 0 Å². The molecule has 1 heterocycles. The van der Waals surface area contributed by atoms with Gasteiger partial charge in [-0.2, -0.15) is 13.2 Å². The second-order valence-corrected chi connectivity index (χ2v) is 6.39. The summed E-state index contributed by atoms with van der Waals surface area (Å²) in [6.07, 6.45) is -3.21. The van der Waals surface area contributed by atoms with Gasteiger partial charge in [0.2, 0.25) is 0 Å². The van der Waals surface area contributed by atoms with E-state index in [0.717, 1.165) is 26.1 Å². The summed E-state index contributed by atoms with van der Waals surface area (Å²) in [5, 5.41) is 6.68. The van der Waals surface area contributed by atoms with Crippen molar-refractivity contribution in [3.63, 3.8) is 0 Å². The second-order valence-electron chi connectivity index (χ2n) is 6.39. The molecule has 1 aliphatic heterocycles. The standard InChI is InChI=1S/C13H26F3N3/c1-12(2,3)18-6-5-17-8-11-4-7-19(9-11)10-13(14,15)16/h11,17-18H,4-10H2,1-3H3. The molecule has 0 aromatic rings. The van der Waals surface area contributed by atoms with Crippen LogP contribution in [0.2, 0.25) is 0 Å². The Kier molecular flexibility index (Phi) is 6.08. The molecule has 3 nitrogen and oxygen atoms in total. The molecule has 1 atom stereocenters. The van der Waals surface area contributed by atoms with Gasteiger partial charge in [-0.3, -0.25) is 4.90 Å². The molecular weight excluding hydrogens is 255 g/mol. The molecule has 1 aliphatic rings. The lowest BCUT2D eigenvalue weighted by molar-refractivity contribution is -0.143. The fraction of sp³-hybridized carbons (Fsp3) is 1.00. The molecule has 0 aromatic carbocycles. The quantitative estimate of drug-likeness (QED) is 0.728. The van der Waals surface area contributed by atoms with Crippen molar-refractivity contribution in [1.29, 1.82) is 0 Å². The van der Waals surface area contributed by atoms with E-state index in [0.29, 0.717) is 19.0 Å². The first kappa shape index (κ1) is 16.7. The summed E-state index contributed by atoms with van der Waals surface area (Å²) in [7, 11) is 0. The van der Waals surface area contributed by atoms with Gasteiger partial charge in [0.05, 0.1) is 6.54 Å². The van der Waals surface area contributed by atoms with Crippen molar-refractivity contribution in [3.8, 4) is 0 Å². The van der Waals surface area contributed by atoms with Gasteiger partial charge < -0.3 is 10.6 Å². The van der Waals surface area contributed by atoms with Crippen molar-refractivity contribution >= 4 is 0 Å². The Bertz CT molecular complexity index is 261. The SMILES string of the molecule is CC(C)(C)NCCNCC1CCN(CC(F)(F)F)C1. The van der Waals surface area contributed by atoms with E-state index in [9.17, 15) is 13.2 Å². The van der Waals surface area contributed by atoms with E-state index in [2.05, 4.69) is 31.4 Å². The predicted molar refractivity (Wildman–Crippen MR) is 71.2 cm³/mol. The molecule has 2 N–H and O–H groups in total. The van der Waals surface area contributed by atoms with Crippen molar-refractivity contribution in [3.05, 3.63) is 0 Å². The van der Waals surface area contributed by atoms with Crippen molar-refractivity contribution in [1.82, 2.24) is 15.5 Å². The van der Waals surface area contributed by atoms with Gasteiger partial charge in [-0.15, -0.1) is 0 Å². The molecule has 19 heavy (non-hydrogen) atoms. The summed E-state index contributed by atoms with van der Waals surface area (Å²) in [6.45, 7) is 9.22. The first-order valence-corrected chi connectivity index (χ1v) is 6.90. The first-order chi connectivity index (χ1) is 8.66. The van der Waals surface area contributed by atoms with Gasteiger partial charge in [-0.1, -0.05) is 0 Å². The highest BCUT2D eigenvalue weighted by atomic mass is 19.4. The van der Waals surface area contributed by atoms with E-state index in [-0.39, 0.29) is 5.54 Å². The normalized spacial score (nSPS) is 22.1. The Morgan fingerprint density at radius 3 is 2.42 bits per heavy atom. The van der Waals surface area contributed by atoms with Gasteiger partial charge in [0.25, 0.3) is 0 Å². The highest BCUT2D eigenvalue weighted by molar-refractivity contribution is 4.79. The third kappa shape index (κ3) is 8.44. The molecule has 1 rings (SSSR count). The molecule has 0 bridgehead atoms. The van der Waals surface area contributed by atoms with Crippen molar-refractivity contribution in [2.45, 2.75) is 38.9 Å². The van der Waals surface area contributed by atoms with Gasteiger partial charge in [0.15, 0.2) is 0 Å². The summed E-state index contributed by atoms with van der Waals surface area (Å²) in [6, 6.07) is 0. The minimum Gasteiger partial charge on any atom is -0.315 e. The highest BCUT2D eigenvalue weighted by Crippen LogP contribution is 2.22. The Labute approximate surface area is 113 Å². The predicted octanol–water partition coefficient (Wildman–Crippen LogP) is 1.85. The number of alkyl halides is 3. The van der Waals surface area contributed by atoms with Gasteiger partial charge in [0.1, 0.15) is 0 Å². The molecule has 0 radical (unpaired) electrons. The number of nitrogens with one attached hydrogen (secondary N) is 2. The molecule has 114 valence electrons. The third-order valence-corrected chi connectivity index (χ3v) is 3.16. The van der Waals surface area contributed by atoms with Crippen LogP contribution in [0.4, 0.5) is 13.2 Å². The lowest BCUT2D eigenvalue weighted by Crippen LogP contribution is -2.41. The van der Waals surface area contributed by atoms with Crippen LogP contribution in [0.5, 0.6) is 0 Å². The number of hydrogen-bond acceptors (Lipinski definition) is 3. The van der Waals surface area contributed by atoms with E-state index in [1.165, 1.54) is 4.90 Å². The number of nitrogens with zero attached hydrogens (tertiary/aromatic N) is 1. The smallest absolute Gasteiger partial charge is 0.315 e. The summed E-state index contributed by atoms with van der Waals surface area (Å²) in [4.78, 5) is 1.50. The molecule has 1 fully saturated rings. The fourth-order valence-electron chi connectivity index (χ4n) is 2.31. The van der Waals surface area contributed by atoms with Gasteiger partial charge in [-0.05, 0) is 46.2 Å². The minimum absolute atomic E-state index is 0.110. The molecule has 0 amide bonds. The maximum Gasteiger partial charge on any atom is 0.401 e. The van der Waals surface area contributed by atoms with E-state index >= 15 is 0 Å². The summed E-state index contributed by atoms with van der Waals surface area (Å²) in [5.41, 5.74) is 0.110. The molecule has 0 aromatic heterocycles. The number of halogens is 3. The largest absolute Gasteiger partial charge is 0.401 e. The van der Waals surface area contributed by atoms with Crippen molar-refractivity contribution in [2.75, 3.05) is 39.3 Å². The monoisotopic (exact) mass is 281 g/mol. The Hall–Kier alpha value is -0.330. The van der Waals surface area contributed by atoms with E-state index in [1.807, 2.05) is 0 Å². The second kappa shape index (κ2) is 6.90. The van der Waals surface area contributed by atoms with Crippen molar-refractivity contribution < 1.29 is 13.2 Å². The average molecular weight is 281 g/mol. The number of likely N-dealkylation sites (tertiary alicyclic amines) is 1. The van der Waals surface area contributed by atoms with Gasteiger partial charge in [0, 0.05) is 25.2 Å². The van der Waals surface area contributed by atoms with E-state index in [4.69, 9.17) is 0 Å². The van der Waals surface area contributed by atoms with Crippen LogP contribution >= 0.6 is 0 Å². The number of hydrogen-bond donors (Lipinski definition) is 2. The van der Waals surface area contributed by atoms with Crippen molar-refractivity contribution in [2.24, 2.45) is 5.92 Å². The van der Waals surface area contributed by atoms with Crippen LogP contribution < -0.4 is 10.6 Å².